The number of esters is 1. The lowest BCUT2D eigenvalue weighted by Gasteiger charge is -2.29. The maximum Gasteiger partial charge on any atom is 0.416 e. The highest BCUT2D eigenvalue weighted by molar-refractivity contribution is 5.98. The number of amides is 1. The van der Waals surface area contributed by atoms with Crippen LogP contribution in [-0.2, 0) is 30.4 Å². The fourth-order valence-corrected chi connectivity index (χ4v) is 4.77. The highest BCUT2D eigenvalue weighted by atomic mass is 19.4. The number of fused-ring (bicyclic) bond motifs is 1. The molecule has 0 radical (unpaired) electrons. The van der Waals surface area contributed by atoms with Crippen molar-refractivity contribution in [3.8, 4) is 16.9 Å². The van der Waals surface area contributed by atoms with Gasteiger partial charge in [-0.1, -0.05) is 66.7 Å². The van der Waals surface area contributed by atoms with Crippen molar-refractivity contribution in [2.24, 2.45) is 0 Å². The Hall–Kier alpha value is -4.39. The monoisotopic (exact) mass is 529 g/mol. The van der Waals surface area contributed by atoms with Crippen LogP contribution >= 0.6 is 0 Å². The number of hydrogen-bond donors (Lipinski definition) is 0. The van der Waals surface area contributed by atoms with Gasteiger partial charge in [0.1, 0.15) is 5.75 Å². The van der Waals surface area contributed by atoms with E-state index in [1.54, 1.807) is 30.3 Å². The molecule has 0 unspecified atom stereocenters. The Morgan fingerprint density at radius 1 is 0.821 bits per heavy atom. The van der Waals surface area contributed by atoms with Crippen molar-refractivity contribution in [3.05, 3.63) is 125 Å². The van der Waals surface area contributed by atoms with Crippen LogP contribution in [0.25, 0.3) is 11.1 Å². The van der Waals surface area contributed by atoms with Crippen molar-refractivity contribution < 1.29 is 27.5 Å². The summed E-state index contributed by atoms with van der Waals surface area (Å²) in [5.74, 6) is -0.108. The first-order valence-electron chi connectivity index (χ1n) is 12.7. The molecule has 0 saturated heterocycles. The Labute approximate surface area is 224 Å². The molecule has 0 bridgehead atoms. The minimum Gasteiger partial charge on any atom is -0.423 e. The van der Waals surface area contributed by atoms with Gasteiger partial charge in [0.15, 0.2) is 0 Å². The summed E-state index contributed by atoms with van der Waals surface area (Å²) in [5.41, 5.74) is 3.64. The summed E-state index contributed by atoms with van der Waals surface area (Å²) in [6, 6.07) is 26.7. The molecule has 0 N–H and O–H groups in total. The van der Waals surface area contributed by atoms with E-state index in [9.17, 15) is 22.8 Å². The summed E-state index contributed by atoms with van der Waals surface area (Å²) in [6.45, 7) is 1.10. The zero-order valence-electron chi connectivity index (χ0n) is 21.1. The molecule has 1 aliphatic heterocycles. The molecule has 0 saturated carbocycles. The predicted octanol–water partition coefficient (Wildman–Crippen LogP) is 7.11. The van der Waals surface area contributed by atoms with Crippen molar-refractivity contribution in [2.75, 3.05) is 6.54 Å². The normalized spacial score (nSPS) is 13.1. The van der Waals surface area contributed by atoms with E-state index in [0.29, 0.717) is 49.2 Å². The SMILES string of the molecule is O=C(Oc1ccc2c(c1)CCN(C(=O)CCc1ccccc1)C2)c1ccccc1-c1ccc(C(F)(F)F)cc1. The number of hydrogen-bond acceptors (Lipinski definition) is 3. The van der Waals surface area contributed by atoms with Crippen LogP contribution in [0.2, 0.25) is 0 Å². The average molecular weight is 530 g/mol. The van der Waals surface area contributed by atoms with Gasteiger partial charge in [-0.2, -0.15) is 13.2 Å². The summed E-state index contributed by atoms with van der Waals surface area (Å²) in [7, 11) is 0. The van der Waals surface area contributed by atoms with Gasteiger partial charge >= 0.3 is 12.1 Å². The summed E-state index contributed by atoms with van der Waals surface area (Å²) in [5, 5.41) is 0. The van der Waals surface area contributed by atoms with Crippen molar-refractivity contribution in [1.29, 1.82) is 0 Å². The van der Waals surface area contributed by atoms with Crippen LogP contribution in [0, 0.1) is 0 Å². The zero-order chi connectivity index (χ0) is 27.4. The van der Waals surface area contributed by atoms with Gasteiger partial charge in [0.2, 0.25) is 5.91 Å². The van der Waals surface area contributed by atoms with Crippen LogP contribution in [-0.4, -0.2) is 23.3 Å². The van der Waals surface area contributed by atoms with Gasteiger partial charge in [-0.3, -0.25) is 4.79 Å². The fraction of sp³-hybridized carbons (Fsp3) is 0.188. The molecule has 7 heteroatoms. The van der Waals surface area contributed by atoms with Gasteiger partial charge in [0.05, 0.1) is 11.1 Å². The van der Waals surface area contributed by atoms with Crippen LogP contribution in [0.3, 0.4) is 0 Å². The number of benzene rings is 4. The van der Waals surface area contributed by atoms with Crippen LogP contribution in [0.1, 0.15) is 39.0 Å². The second-order valence-corrected chi connectivity index (χ2v) is 9.49. The molecule has 4 aromatic rings. The number of carbonyl (C=O) groups excluding carboxylic acids is 2. The molecule has 5 rings (SSSR count). The minimum atomic E-state index is -4.43. The van der Waals surface area contributed by atoms with Crippen molar-refractivity contribution in [2.45, 2.75) is 32.0 Å². The number of aryl methyl sites for hydroxylation is 1. The molecule has 1 amide bonds. The maximum absolute atomic E-state index is 13.1. The number of nitrogens with zero attached hydrogens (tertiary/aromatic N) is 1. The van der Waals surface area contributed by atoms with E-state index in [1.165, 1.54) is 12.1 Å². The van der Waals surface area contributed by atoms with Gasteiger partial charge in [0.25, 0.3) is 0 Å². The molecular weight excluding hydrogens is 503 g/mol. The zero-order valence-corrected chi connectivity index (χ0v) is 21.1. The number of ether oxygens (including phenoxy) is 1. The van der Waals surface area contributed by atoms with Gasteiger partial charge in [0, 0.05) is 19.5 Å². The quantitative estimate of drug-likeness (QED) is 0.198. The first kappa shape index (κ1) is 26.2. The van der Waals surface area contributed by atoms with Gasteiger partial charge < -0.3 is 9.64 Å². The van der Waals surface area contributed by atoms with Gasteiger partial charge in [-0.25, -0.2) is 4.79 Å². The molecule has 1 heterocycles. The van der Waals surface area contributed by atoms with Crippen LogP contribution < -0.4 is 4.74 Å². The predicted molar refractivity (Wildman–Crippen MR) is 142 cm³/mol. The molecule has 0 atom stereocenters. The summed E-state index contributed by atoms with van der Waals surface area (Å²) in [4.78, 5) is 27.7. The molecule has 0 aromatic heterocycles. The molecule has 198 valence electrons. The number of halogens is 3. The largest absolute Gasteiger partial charge is 0.423 e. The third-order valence-electron chi connectivity index (χ3n) is 6.89. The summed E-state index contributed by atoms with van der Waals surface area (Å²) in [6.07, 6.45) is -2.63. The van der Waals surface area contributed by atoms with Crippen LogP contribution in [0.4, 0.5) is 13.2 Å². The van der Waals surface area contributed by atoms with Crippen molar-refractivity contribution in [1.82, 2.24) is 4.90 Å². The number of carbonyl (C=O) groups is 2. The fourth-order valence-electron chi connectivity index (χ4n) is 4.77. The Morgan fingerprint density at radius 2 is 1.54 bits per heavy atom. The molecule has 0 aliphatic carbocycles. The average Bonchev–Trinajstić information content (AvgIpc) is 2.95. The maximum atomic E-state index is 13.1. The van der Waals surface area contributed by atoms with Crippen molar-refractivity contribution >= 4 is 11.9 Å². The first-order valence-corrected chi connectivity index (χ1v) is 12.7. The highest BCUT2D eigenvalue weighted by Gasteiger charge is 2.30. The Balaban J connectivity index is 1.25. The molecule has 0 spiro atoms. The van der Waals surface area contributed by atoms with Crippen molar-refractivity contribution in [3.63, 3.8) is 0 Å². The van der Waals surface area contributed by atoms with E-state index < -0.39 is 17.7 Å². The first-order chi connectivity index (χ1) is 18.8. The Bertz CT molecular complexity index is 1480. The summed E-state index contributed by atoms with van der Waals surface area (Å²) >= 11 is 0. The Morgan fingerprint density at radius 3 is 2.28 bits per heavy atom. The molecular formula is C32H26F3NO3. The van der Waals surface area contributed by atoms with E-state index in [4.69, 9.17) is 4.74 Å². The standard InChI is InChI=1S/C32H26F3NO3/c33-32(34,35)26-14-11-23(12-15-26)28-8-4-5-9-29(28)31(38)39-27-16-13-25-21-36(19-18-24(25)20-27)30(37)17-10-22-6-2-1-3-7-22/h1-9,11-16,20H,10,17-19,21H2. The lowest BCUT2D eigenvalue weighted by molar-refractivity contribution is -0.137. The third kappa shape index (κ3) is 6.20. The minimum absolute atomic E-state index is 0.111. The van der Waals surface area contributed by atoms with E-state index >= 15 is 0 Å². The summed E-state index contributed by atoms with van der Waals surface area (Å²) < 4.78 is 44.5. The smallest absolute Gasteiger partial charge is 0.416 e. The van der Waals surface area contributed by atoms with Crippen LogP contribution in [0.5, 0.6) is 5.75 Å². The second kappa shape index (κ2) is 11.2. The van der Waals surface area contributed by atoms with Gasteiger partial charge in [-0.05, 0) is 71.0 Å². The van der Waals surface area contributed by atoms with E-state index in [0.717, 1.165) is 28.8 Å². The molecule has 4 aromatic carbocycles. The van der Waals surface area contributed by atoms with Crippen LogP contribution in [0.15, 0.2) is 97.1 Å². The highest BCUT2D eigenvalue weighted by Crippen LogP contribution is 2.32. The lowest BCUT2D eigenvalue weighted by atomic mass is 9.98. The number of rotatable bonds is 6. The lowest BCUT2D eigenvalue weighted by Crippen LogP contribution is -2.36. The topological polar surface area (TPSA) is 46.6 Å². The van der Waals surface area contributed by atoms with E-state index in [1.807, 2.05) is 47.4 Å². The molecule has 4 nitrogen and oxygen atoms in total. The third-order valence-corrected chi connectivity index (χ3v) is 6.89. The second-order valence-electron chi connectivity index (χ2n) is 9.49. The van der Waals surface area contributed by atoms with E-state index in [-0.39, 0.29) is 11.5 Å². The Kier molecular flexibility index (Phi) is 7.50. The molecule has 39 heavy (non-hydrogen) atoms. The van der Waals surface area contributed by atoms with E-state index in [2.05, 4.69) is 0 Å². The molecule has 0 fully saturated rings. The molecule has 1 aliphatic rings. The van der Waals surface area contributed by atoms with Gasteiger partial charge in [-0.15, -0.1) is 0 Å². The number of alkyl halides is 3.